The van der Waals surface area contributed by atoms with Gasteiger partial charge in [0.15, 0.2) is 0 Å². The molecule has 1 atom stereocenters. The standard InChI is InChI=1S/C11H21BrN2O/c1-11(2,12)10(15)14(4)9-6-5-7-13(3)8-9/h9H,5-8H2,1-4H3. The zero-order valence-electron chi connectivity index (χ0n) is 10.1. The average Bonchev–Trinajstić information content (AvgIpc) is 2.14. The molecule has 1 aliphatic heterocycles. The Morgan fingerprint density at radius 1 is 1.53 bits per heavy atom. The summed E-state index contributed by atoms with van der Waals surface area (Å²) in [5.41, 5.74) is 0. The summed E-state index contributed by atoms with van der Waals surface area (Å²) in [6, 6.07) is 0.369. The van der Waals surface area contributed by atoms with E-state index in [-0.39, 0.29) is 5.91 Å². The van der Waals surface area contributed by atoms with E-state index in [1.165, 1.54) is 6.42 Å². The van der Waals surface area contributed by atoms with Crippen LogP contribution in [0.2, 0.25) is 0 Å². The maximum Gasteiger partial charge on any atom is 0.238 e. The number of hydrogen-bond donors (Lipinski definition) is 0. The minimum Gasteiger partial charge on any atom is -0.340 e. The summed E-state index contributed by atoms with van der Waals surface area (Å²) in [6.45, 7) is 5.94. The SMILES string of the molecule is CN1CCCC(N(C)C(=O)C(C)(C)Br)C1. The van der Waals surface area contributed by atoms with Gasteiger partial charge >= 0.3 is 0 Å². The number of piperidine rings is 1. The number of amides is 1. The zero-order valence-corrected chi connectivity index (χ0v) is 11.7. The molecule has 0 radical (unpaired) electrons. The highest BCUT2D eigenvalue weighted by Gasteiger charge is 2.32. The molecule has 1 amide bonds. The van der Waals surface area contributed by atoms with Gasteiger partial charge in [0.05, 0.1) is 4.32 Å². The highest BCUT2D eigenvalue weighted by Crippen LogP contribution is 2.22. The fourth-order valence-electron chi connectivity index (χ4n) is 2.04. The molecular weight excluding hydrogens is 256 g/mol. The Morgan fingerprint density at radius 2 is 2.13 bits per heavy atom. The first-order chi connectivity index (χ1) is 6.82. The molecule has 0 saturated carbocycles. The largest absolute Gasteiger partial charge is 0.340 e. The Labute approximate surface area is 101 Å². The van der Waals surface area contributed by atoms with E-state index in [0.29, 0.717) is 6.04 Å². The van der Waals surface area contributed by atoms with Gasteiger partial charge in [-0.2, -0.15) is 0 Å². The van der Waals surface area contributed by atoms with Crippen LogP contribution in [0.3, 0.4) is 0 Å². The molecule has 0 bridgehead atoms. The number of carbonyl (C=O) groups excluding carboxylic acids is 1. The molecule has 1 fully saturated rings. The minimum absolute atomic E-state index is 0.169. The number of rotatable bonds is 2. The van der Waals surface area contributed by atoms with Crippen LogP contribution in [-0.2, 0) is 4.79 Å². The van der Waals surface area contributed by atoms with E-state index in [1.54, 1.807) is 0 Å². The van der Waals surface area contributed by atoms with Crippen molar-refractivity contribution >= 4 is 21.8 Å². The molecule has 0 aromatic rings. The quantitative estimate of drug-likeness (QED) is 0.717. The second-order valence-corrected chi connectivity index (χ2v) is 6.93. The molecule has 0 N–H and O–H groups in total. The fraction of sp³-hybridized carbons (Fsp3) is 0.909. The summed E-state index contributed by atoms with van der Waals surface area (Å²) < 4.78 is -0.447. The molecule has 1 heterocycles. The third-order valence-corrected chi connectivity index (χ3v) is 3.32. The molecule has 3 nitrogen and oxygen atoms in total. The number of hydrogen-bond acceptors (Lipinski definition) is 2. The van der Waals surface area contributed by atoms with E-state index in [9.17, 15) is 4.79 Å². The summed E-state index contributed by atoms with van der Waals surface area (Å²) >= 11 is 3.42. The summed E-state index contributed by atoms with van der Waals surface area (Å²) in [7, 11) is 4.03. The molecule has 15 heavy (non-hydrogen) atoms. The van der Waals surface area contributed by atoms with Crippen LogP contribution in [0.4, 0.5) is 0 Å². The number of carbonyl (C=O) groups is 1. The van der Waals surface area contributed by atoms with Crippen molar-refractivity contribution in [2.45, 2.75) is 37.1 Å². The third-order valence-electron chi connectivity index (χ3n) is 2.98. The fourth-order valence-corrected chi connectivity index (χ4v) is 2.32. The lowest BCUT2D eigenvalue weighted by Crippen LogP contribution is -2.51. The van der Waals surface area contributed by atoms with E-state index in [4.69, 9.17) is 0 Å². The molecule has 0 aliphatic carbocycles. The number of nitrogens with zero attached hydrogens (tertiary/aromatic N) is 2. The number of likely N-dealkylation sites (N-methyl/N-ethyl adjacent to an activating group) is 2. The predicted molar refractivity (Wildman–Crippen MR) is 66.3 cm³/mol. The Kier molecular flexibility index (Phi) is 4.18. The normalized spacial score (nSPS) is 23.9. The van der Waals surface area contributed by atoms with Crippen molar-refractivity contribution in [2.24, 2.45) is 0 Å². The highest BCUT2D eigenvalue weighted by molar-refractivity contribution is 9.10. The molecule has 1 saturated heterocycles. The number of alkyl halides is 1. The van der Waals surface area contributed by atoms with E-state index < -0.39 is 4.32 Å². The van der Waals surface area contributed by atoms with Gasteiger partial charge in [0.1, 0.15) is 0 Å². The van der Waals surface area contributed by atoms with Crippen LogP contribution in [0.1, 0.15) is 26.7 Å². The van der Waals surface area contributed by atoms with Crippen molar-refractivity contribution in [3.05, 3.63) is 0 Å². The monoisotopic (exact) mass is 276 g/mol. The summed E-state index contributed by atoms with van der Waals surface area (Å²) in [6.07, 6.45) is 2.30. The smallest absolute Gasteiger partial charge is 0.238 e. The van der Waals surface area contributed by atoms with Gasteiger partial charge in [-0.25, -0.2) is 0 Å². The number of halogens is 1. The van der Waals surface area contributed by atoms with Crippen LogP contribution in [0.5, 0.6) is 0 Å². The Bertz CT molecular complexity index is 237. The van der Waals surface area contributed by atoms with Gasteiger partial charge in [0.25, 0.3) is 0 Å². The summed E-state index contributed by atoms with van der Waals surface area (Å²) in [4.78, 5) is 16.2. The predicted octanol–water partition coefficient (Wildman–Crippen LogP) is 1.71. The first-order valence-electron chi connectivity index (χ1n) is 5.47. The first-order valence-corrected chi connectivity index (χ1v) is 6.26. The number of likely N-dealkylation sites (tertiary alicyclic amines) is 1. The van der Waals surface area contributed by atoms with Crippen molar-refractivity contribution in [1.29, 1.82) is 0 Å². The minimum atomic E-state index is -0.447. The highest BCUT2D eigenvalue weighted by atomic mass is 79.9. The van der Waals surface area contributed by atoms with Crippen LogP contribution in [0.15, 0.2) is 0 Å². The lowest BCUT2D eigenvalue weighted by Gasteiger charge is -2.38. The second kappa shape index (κ2) is 4.83. The second-order valence-electron chi connectivity index (χ2n) is 4.95. The van der Waals surface area contributed by atoms with Gasteiger partial charge in [-0.15, -0.1) is 0 Å². The lowest BCUT2D eigenvalue weighted by molar-refractivity contribution is -0.134. The maximum atomic E-state index is 12.0. The van der Waals surface area contributed by atoms with E-state index >= 15 is 0 Å². The Balaban J connectivity index is 2.59. The first kappa shape index (κ1) is 13.0. The summed E-state index contributed by atoms with van der Waals surface area (Å²) in [5, 5.41) is 0. The molecule has 0 aromatic heterocycles. The van der Waals surface area contributed by atoms with Gasteiger partial charge in [0.2, 0.25) is 5.91 Å². The van der Waals surface area contributed by atoms with E-state index in [0.717, 1.165) is 19.5 Å². The zero-order chi connectivity index (χ0) is 11.6. The van der Waals surface area contributed by atoms with E-state index in [1.807, 2.05) is 25.8 Å². The topological polar surface area (TPSA) is 23.6 Å². The molecule has 1 unspecified atom stereocenters. The van der Waals surface area contributed by atoms with Gasteiger partial charge in [-0.1, -0.05) is 15.9 Å². The van der Waals surface area contributed by atoms with Gasteiger partial charge in [-0.05, 0) is 40.3 Å². The summed E-state index contributed by atoms with van der Waals surface area (Å²) in [5.74, 6) is 0.169. The molecule has 0 aromatic carbocycles. The van der Waals surface area contributed by atoms with Crippen LogP contribution in [0.25, 0.3) is 0 Å². The third kappa shape index (κ3) is 3.45. The lowest BCUT2D eigenvalue weighted by atomic mass is 10.0. The van der Waals surface area contributed by atoms with Crippen molar-refractivity contribution in [3.63, 3.8) is 0 Å². The van der Waals surface area contributed by atoms with Crippen LogP contribution in [0, 0.1) is 0 Å². The van der Waals surface area contributed by atoms with Crippen molar-refractivity contribution in [3.8, 4) is 0 Å². The van der Waals surface area contributed by atoms with Crippen LogP contribution < -0.4 is 0 Å². The molecular formula is C11H21BrN2O. The molecule has 4 heteroatoms. The molecule has 88 valence electrons. The van der Waals surface area contributed by atoms with Crippen molar-refractivity contribution < 1.29 is 4.79 Å². The molecule has 0 spiro atoms. The van der Waals surface area contributed by atoms with Crippen molar-refractivity contribution in [2.75, 3.05) is 27.2 Å². The van der Waals surface area contributed by atoms with Crippen LogP contribution in [-0.4, -0.2) is 53.3 Å². The maximum absolute atomic E-state index is 12.0. The van der Waals surface area contributed by atoms with Gasteiger partial charge in [0, 0.05) is 19.6 Å². The van der Waals surface area contributed by atoms with Crippen molar-refractivity contribution in [1.82, 2.24) is 9.80 Å². The Morgan fingerprint density at radius 3 is 2.60 bits per heavy atom. The van der Waals surface area contributed by atoms with Gasteiger partial charge < -0.3 is 9.80 Å². The molecule has 1 rings (SSSR count). The molecule has 1 aliphatic rings. The van der Waals surface area contributed by atoms with Crippen LogP contribution >= 0.6 is 15.9 Å². The van der Waals surface area contributed by atoms with Gasteiger partial charge in [-0.3, -0.25) is 4.79 Å². The average molecular weight is 277 g/mol. The Hall–Kier alpha value is -0.0900. The van der Waals surface area contributed by atoms with E-state index in [2.05, 4.69) is 27.9 Å².